The number of aliphatic carboxylic acids is 1. The fourth-order valence-corrected chi connectivity index (χ4v) is 2.53. The molecule has 0 heterocycles. The van der Waals surface area contributed by atoms with Gasteiger partial charge in [0.25, 0.3) is 0 Å². The zero-order valence-corrected chi connectivity index (χ0v) is 12.6. The molecule has 1 fully saturated rings. The summed E-state index contributed by atoms with van der Waals surface area (Å²) in [5.74, 6) is -0.923. The average Bonchev–Trinajstić information content (AvgIpc) is 3.25. The number of carboxylic acid groups (broad SMARTS) is 1. The lowest BCUT2D eigenvalue weighted by atomic mass is 10.2. The molecule has 0 saturated heterocycles. The van der Waals surface area contributed by atoms with E-state index in [0.717, 1.165) is 24.1 Å². The van der Waals surface area contributed by atoms with Crippen LogP contribution < -0.4 is 4.90 Å². The van der Waals surface area contributed by atoms with E-state index in [2.05, 4.69) is 0 Å². The molecule has 0 unspecified atom stereocenters. The fraction of sp³-hybridized carbons (Fsp3) is 0.500. The summed E-state index contributed by atoms with van der Waals surface area (Å²) in [6.07, 6.45) is 1.97. The monoisotopic (exact) mass is 290 g/mol. The zero-order valence-electron chi connectivity index (χ0n) is 12.6. The van der Waals surface area contributed by atoms with Crippen LogP contribution in [0, 0.1) is 6.92 Å². The van der Waals surface area contributed by atoms with Gasteiger partial charge in [0, 0.05) is 18.3 Å². The Bertz CT molecular complexity index is 526. The number of nitrogens with zero attached hydrogens (tertiary/aromatic N) is 2. The number of amides is 1. The van der Waals surface area contributed by atoms with Crippen molar-refractivity contribution in [2.45, 2.75) is 32.7 Å². The van der Waals surface area contributed by atoms with E-state index in [1.165, 1.54) is 0 Å². The van der Waals surface area contributed by atoms with Gasteiger partial charge in [0.15, 0.2) is 0 Å². The average molecular weight is 290 g/mol. The molecule has 0 radical (unpaired) electrons. The molecule has 1 aromatic rings. The Morgan fingerprint density at radius 3 is 2.43 bits per heavy atom. The standard InChI is InChI=1S/C16H22N2O3/c1-3-18(14-7-5-4-6-12(14)2)15(19)10-17(11-16(20)21)13-8-9-13/h4-7,13H,3,8-11H2,1-2H3,(H,20,21). The number of carboxylic acids is 1. The molecule has 0 aliphatic heterocycles. The van der Waals surface area contributed by atoms with Crippen molar-refractivity contribution in [1.82, 2.24) is 4.90 Å². The van der Waals surface area contributed by atoms with Crippen LogP contribution in [0.5, 0.6) is 0 Å². The topological polar surface area (TPSA) is 60.9 Å². The third kappa shape index (κ3) is 4.04. The molecule has 0 aromatic heterocycles. The normalized spacial score (nSPS) is 14.2. The van der Waals surface area contributed by atoms with Gasteiger partial charge in [-0.3, -0.25) is 14.5 Å². The first-order chi connectivity index (χ1) is 10.0. The third-order valence-electron chi connectivity index (χ3n) is 3.76. The van der Waals surface area contributed by atoms with Crippen LogP contribution in [0.3, 0.4) is 0 Å². The van der Waals surface area contributed by atoms with Gasteiger partial charge in [-0.2, -0.15) is 0 Å². The Morgan fingerprint density at radius 2 is 1.90 bits per heavy atom. The highest BCUT2D eigenvalue weighted by molar-refractivity contribution is 5.95. The number of anilines is 1. The first-order valence-electron chi connectivity index (χ1n) is 7.34. The summed E-state index contributed by atoms with van der Waals surface area (Å²) in [5, 5.41) is 8.96. The van der Waals surface area contributed by atoms with Crippen LogP contribution in [0.25, 0.3) is 0 Å². The predicted molar refractivity (Wildman–Crippen MR) is 81.4 cm³/mol. The number of carbonyl (C=O) groups excluding carboxylic acids is 1. The minimum absolute atomic E-state index is 0.0417. The molecule has 21 heavy (non-hydrogen) atoms. The number of carbonyl (C=O) groups is 2. The van der Waals surface area contributed by atoms with Crippen molar-refractivity contribution in [3.63, 3.8) is 0 Å². The van der Waals surface area contributed by atoms with E-state index in [0.29, 0.717) is 6.54 Å². The van der Waals surface area contributed by atoms with Gasteiger partial charge < -0.3 is 10.0 Å². The lowest BCUT2D eigenvalue weighted by Crippen LogP contribution is -2.43. The molecule has 0 spiro atoms. The number of hydrogen-bond donors (Lipinski definition) is 1. The van der Waals surface area contributed by atoms with Crippen molar-refractivity contribution in [1.29, 1.82) is 0 Å². The number of hydrogen-bond acceptors (Lipinski definition) is 3. The maximum Gasteiger partial charge on any atom is 0.317 e. The van der Waals surface area contributed by atoms with Gasteiger partial charge in [-0.25, -0.2) is 0 Å². The molecular weight excluding hydrogens is 268 g/mol. The summed E-state index contributed by atoms with van der Waals surface area (Å²) in [6.45, 7) is 4.58. The molecule has 1 aromatic carbocycles. The SMILES string of the molecule is CCN(C(=O)CN(CC(=O)O)C1CC1)c1ccccc1C. The summed E-state index contributed by atoms with van der Waals surface area (Å²) in [6, 6.07) is 8.00. The maximum absolute atomic E-state index is 12.5. The lowest BCUT2D eigenvalue weighted by molar-refractivity contribution is -0.138. The van der Waals surface area contributed by atoms with E-state index in [1.54, 1.807) is 9.80 Å². The maximum atomic E-state index is 12.5. The molecule has 0 atom stereocenters. The first kappa shape index (κ1) is 15.5. The lowest BCUT2D eigenvalue weighted by Gasteiger charge is -2.27. The van der Waals surface area contributed by atoms with Crippen LogP contribution in [0.1, 0.15) is 25.3 Å². The molecule has 0 bridgehead atoms. The van der Waals surface area contributed by atoms with Crippen molar-refractivity contribution < 1.29 is 14.7 Å². The highest BCUT2D eigenvalue weighted by atomic mass is 16.4. The van der Waals surface area contributed by atoms with Crippen LogP contribution in [-0.4, -0.2) is 47.6 Å². The Labute approximate surface area is 125 Å². The summed E-state index contributed by atoms with van der Waals surface area (Å²) < 4.78 is 0. The highest BCUT2D eigenvalue weighted by Crippen LogP contribution is 2.27. The smallest absolute Gasteiger partial charge is 0.317 e. The summed E-state index contributed by atoms with van der Waals surface area (Å²) in [5.41, 5.74) is 1.94. The first-order valence-corrected chi connectivity index (χ1v) is 7.34. The molecule has 1 N–H and O–H groups in total. The largest absolute Gasteiger partial charge is 0.480 e. The molecule has 5 heteroatoms. The van der Waals surface area contributed by atoms with Crippen molar-refractivity contribution >= 4 is 17.6 Å². The second kappa shape index (κ2) is 6.72. The fourth-order valence-electron chi connectivity index (χ4n) is 2.53. The van der Waals surface area contributed by atoms with E-state index < -0.39 is 5.97 Å². The summed E-state index contributed by atoms with van der Waals surface area (Å²) in [4.78, 5) is 27.0. The van der Waals surface area contributed by atoms with Crippen LogP contribution in [0.4, 0.5) is 5.69 Å². The minimum Gasteiger partial charge on any atom is -0.480 e. The van der Waals surface area contributed by atoms with Gasteiger partial charge in [0.05, 0.1) is 13.1 Å². The highest BCUT2D eigenvalue weighted by Gasteiger charge is 2.32. The Morgan fingerprint density at radius 1 is 1.24 bits per heavy atom. The predicted octanol–water partition coefficient (Wildman–Crippen LogP) is 1.90. The van der Waals surface area contributed by atoms with Gasteiger partial charge in [0.2, 0.25) is 5.91 Å². The number of benzene rings is 1. The third-order valence-corrected chi connectivity index (χ3v) is 3.76. The molecule has 1 aliphatic rings. The van der Waals surface area contributed by atoms with Crippen LogP contribution in [-0.2, 0) is 9.59 Å². The zero-order chi connectivity index (χ0) is 15.4. The Balaban J connectivity index is 2.09. The summed E-state index contributed by atoms with van der Waals surface area (Å²) in [7, 11) is 0. The van der Waals surface area contributed by atoms with E-state index in [9.17, 15) is 9.59 Å². The second-order valence-electron chi connectivity index (χ2n) is 5.45. The Hall–Kier alpha value is -1.88. The molecule has 2 rings (SSSR count). The molecule has 1 saturated carbocycles. The number of aryl methyl sites for hydroxylation is 1. The number of likely N-dealkylation sites (N-methyl/N-ethyl adjacent to an activating group) is 1. The van der Waals surface area contributed by atoms with Gasteiger partial charge in [-0.05, 0) is 38.3 Å². The van der Waals surface area contributed by atoms with Crippen molar-refractivity contribution in [3.05, 3.63) is 29.8 Å². The van der Waals surface area contributed by atoms with Crippen molar-refractivity contribution in [3.8, 4) is 0 Å². The number of rotatable bonds is 7. The quantitative estimate of drug-likeness (QED) is 0.833. The number of para-hydroxylation sites is 1. The molecule has 1 aliphatic carbocycles. The van der Waals surface area contributed by atoms with Crippen molar-refractivity contribution in [2.24, 2.45) is 0 Å². The van der Waals surface area contributed by atoms with E-state index in [1.807, 2.05) is 38.1 Å². The molecule has 5 nitrogen and oxygen atoms in total. The summed E-state index contributed by atoms with van der Waals surface area (Å²) >= 11 is 0. The molecule has 114 valence electrons. The second-order valence-corrected chi connectivity index (χ2v) is 5.45. The molecular formula is C16H22N2O3. The van der Waals surface area contributed by atoms with Crippen LogP contribution in [0.15, 0.2) is 24.3 Å². The Kier molecular flexibility index (Phi) is 4.96. The van der Waals surface area contributed by atoms with Crippen LogP contribution in [0.2, 0.25) is 0 Å². The van der Waals surface area contributed by atoms with E-state index in [-0.39, 0.29) is 25.0 Å². The van der Waals surface area contributed by atoms with Gasteiger partial charge in [0.1, 0.15) is 0 Å². The van der Waals surface area contributed by atoms with Crippen LogP contribution >= 0.6 is 0 Å². The molecule has 1 amide bonds. The van der Waals surface area contributed by atoms with Gasteiger partial charge >= 0.3 is 5.97 Å². The minimum atomic E-state index is -0.881. The van der Waals surface area contributed by atoms with Gasteiger partial charge in [-0.1, -0.05) is 18.2 Å². The van der Waals surface area contributed by atoms with E-state index in [4.69, 9.17) is 5.11 Å². The van der Waals surface area contributed by atoms with E-state index >= 15 is 0 Å². The van der Waals surface area contributed by atoms with Crippen molar-refractivity contribution in [2.75, 3.05) is 24.5 Å². The van der Waals surface area contributed by atoms with Gasteiger partial charge in [-0.15, -0.1) is 0 Å².